The molecule has 1 saturated heterocycles. The summed E-state index contributed by atoms with van der Waals surface area (Å²) in [4.78, 5) is 7.09. The molecule has 25 heavy (non-hydrogen) atoms. The summed E-state index contributed by atoms with van der Waals surface area (Å²) in [6.45, 7) is 15.8. The number of guanidine groups is 1. The first-order chi connectivity index (χ1) is 11.7. The highest BCUT2D eigenvalue weighted by atomic mass is 127. The second-order valence-corrected chi connectivity index (χ2v) is 6.67. The summed E-state index contributed by atoms with van der Waals surface area (Å²) < 4.78 is 11.0. The molecule has 0 aromatic rings. The van der Waals surface area contributed by atoms with Crippen molar-refractivity contribution in [2.75, 3.05) is 65.7 Å². The van der Waals surface area contributed by atoms with E-state index in [-0.39, 0.29) is 24.0 Å². The molecule has 0 amide bonds. The summed E-state index contributed by atoms with van der Waals surface area (Å²) in [6.07, 6.45) is 3.36. The first-order valence-electron chi connectivity index (χ1n) is 9.62. The lowest BCUT2D eigenvalue weighted by Crippen LogP contribution is -2.39. The van der Waals surface area contributed by atoms with Crippen molar-refractivity contribution in [1.29, 1.82) is 0 Å². The van der Waals surface area contributed by atoms with Gasteiger partial charge in [0.1, 0.15) is 0 Å². The van der Waals surface area contributed by atoms with E-state index in [0.717, 1.165) is 71.5 Å². The first kappa shape index (κ1) is 24.9. The van der Waals surface area contributed by atoms with Gasteiger partial charge in [0.25, 0.3) is 0 Å². The Morgan fingerprint density at radius 3 is 2.60 bits per heavy atom. The zero-order valence-electron chi connectivity index (χ0n) is 16.4. The maximum absolute atomic E-state index is 5.58. The molecule has 0 atom stereocenters. The molecule has 0 spiro atoms. The number of aliphatic imine (C=N–C) groups is 1. The van der Waals surface area contributed by atoms with Crippen LogP contribution in [-0.2, 0) is 9.47 Å². The number of hydrogen-bond donors (Lipinski definition) is 2. The molecule has 7 heteroatoms. The van der Waals surface area contributed by atoms with Crippen LogP contribution in [0.5, 0.6) is 0 Å². The highest BCUT2D eigenvalue weighted by molar-refractivity contribution is 14.0. The van der Waals surface area contributed by atoms with E-state index in [9.17, 15) is 0 Å². The second-order valence-electron chi connectivity index (χ2n) is 6.67. The van der Waals surface area contributed by atoms with E-state index in [1.165, 1.54) is 19.4 Å². The minimum Gasteiger partial charge on any atom is -0.381 e. The Morgan fingerprint density at radius 2 is 1.92 bits per heavy atom. The molecule has 0 aromatic carbocycles. The van der Waals surface area contributed by atoms with Crippen LogP contribution in [0, 0.1) is 5.92 Å². The lowest BCUT2D eigenvalue weighted by atomic mass is 10.2. The van der Waals surface area contributed by atoms with Gasteiger partial charge in [0.2, 0.25) is 0 Å². The lowest BCUT2D eigenvalue weighted by Gasteiger charge is -2.26. The van der Waals surface area contributed by atoms with Crippen LogP contribution in [0.25, 0.3) is 0 Å². The van der Waals surface area contributed by atoms with Gasteiger partial charge in [-0.25, -0.2) is 0 Å². The van der Waals surface area contributed by atoms with Gasteiger partial charge in [-0.2, -0.15) is 0 Å². The fourth-order valence-electron chi connectivity index (χ4n) is 2.51. The Kier molecular flexibility index (Phi) is 17.2. The second kappa shape index (κ2) is 17.3. The van der Waals surface area contributed by atoms with Crippen LogP contribution in [0.3, 0.4) is 0 Å². The predicted molar refractivity (Wildman–Crippen MR) is 116 cm³/mol. The molecule has 150 valence electrons. The molecule has 1 aliphatic heterocycles. The third kappa shape index (κ3) is 14.7. The predicted octanol–water partition coefficient (Wildman–Crippen LogP) is 2.33. The maximum Gasteiger partial charge on any atom is 0.191 e. The molecule has 6 nitrogen and oxygen atoms in total. The Morgan fingerprint density at radius 1 is 1.16 bits per heavy atom. The zero-order valence-corrected chi connectivity index (χ0v) is 18.7. The number of rotatable bonds is 12. The number of unbranched alkanes of at least 4 members (excludes halogenated alkanes) is 1. The van der Waals surface area contributed by atoms with Gasteiger partial charge in [-0.15, -0.1) is 24.0 Å². The fraction of sp³-hybridized carbons (Fsp3) is 0.944. The number of ether oxygens (including phenoxy) is 2. The van der Waals surface area contributed by atoms with Crippen LogP contribution in [0.2, 0.25) is 0 Å². The summed E-state index contributed by atoms with van der Waals surface area (Å²) in [7, 11) is 0. The first-order valence-corrected chi connectivity index (χ1v) is 9.62. The standard InChI is InChI=1S/C18H38N4O2.HI/c1-4-19-18(21-9-7-13-24-16-17(2)3)20-8-5-6-10-22-11-14-23-15-12-22;/h17H,4-16H2,1-3H3,(H2,19,20,21);1H. The molecule has 0 bridgehead atoms. The van der Waals surface area contributed by atoms with Crippen molar-refractivity contribution < 1.29 is 9.47 Å². The van der Waals surface area contributed by atoms with Crippen LogP contribution < -0.4 is 10.6 Å². The number of hydrogen-bond acceptors (Lipinski definition) is 4. The topological polar surface area (TPSA) is 58.1 Å². The number of nitrogens with one attached hydrogen (secondary N) is 2. The largest absolute Gasteiger partial charge is 0.381 e. The molecular formula is C18H39IN4O2. The zero-order chi connectivity index (χ0) is 17.5. The van der Waals surface area contributed by atoms with E-state index in [1.54, 1.807) is 0 Å². The third-order valence-corrected chi connectivity index (χ3v) is 3.81. The lowest BCUT2D eigenvalue weighted by molar-refractivity contribution is 0.0372. The highest BCUT2D eigenvalue weighted by Crippen LogP contribution is 1.99. The highest BCUT2D eigenvalue weighted by Gasteiger charge is 2.08. The van der Waals surface area contributed by atoms with Crippen LogP contribution >= 0.6 is 24.0 Å². The van der Waals surface area contributed by atoms with Gasteiger partial charge in [0, 0.05) is 45.9 Å². The van der Waals surface area contributed by atoms with Gasteiger partial charge < -0.3 is 20.1 Å². The normalized spacial score (nSPS) is 15.9. The Bertz CT molecular complexity index is 324. The van der Waals surface area contributed by atoms with Gasteiger partial charge in [0.15, 0.2) is 5.96 Å². The molecule has 1 heterocycles. The molecular weight excluding hydrogens is 431 g/mol. The van der Waals surface area contributed by atoms with E-state index < -0.39 is 0 Å². The van der Waals surface area contributed by atoms with Gasteiger partial charge in [-0.05, 0) is 38.6 Å². The Balaban J connectivity index is 0.00000576. The molecule has 1 aliphatic rings. The van der Waals surface area contributed by atoms with Crippen LogP contribution in [0.4, 0.5) is 0 Å². The molecule has 0 aromatic heterocycles. The fourth-order valence-corrected chi connectivity index (χ4v) is 2.51. The number of halogens is 1. The van der Waals surface area contributed by atoms with Crippen LogP contribution in [0.1, 0.15) is 40.0 Å². The maximum atomic E-state index is 5.58. The van der Waals surface area contributed by atoms with Crippen molar-refractivity contribution in [2.45, 2.75) is 40.0 Å². The third-order valence-electron chi connectivity index (χ3n) is 3.81. The Labute approximate surface area is 171 Å². The van der Waals surface area contributed by atoms with Crippen molar-refractivity contribution in [3.05, 3.63) is 0 Å². The molecule has 1 rings (SSSR count). The molecule has 2 N–H and O–H groups in total. The van der Waals surface area contributed by atoms with Crippen molar-refractivity contribution in [3.63, 3.8) is 0 Å². The van der Waals surface area contributed by atoms with Gasteiger partial charge >= 0.3 is 0 Å². The van der Waals surface area contributed by atoms with Gasteiger partial charge in [0.05, 0.1) is 13.2 Å². The average Bonchev–Trinajstić information content (AvgIpc) is 2.58. The summed E-state index contributed by atoms with van der Waals surface area (Å²) in [5.41, 5.74) is 0. The molecule has 0 saturated carbocycles. The molecule has 0 unspecified atom stereocenters. The minimum atomic E-state index is 0. The van der Waals surface area contributed by atoms with E-state index in [2.05, 4.69) is 41.3 Å². The van der Waals surface area contributed by atoms with Crippen LogP contribution in [-0.4, -0.2) is 76.6 Å². The van der Waals surface area contributed by atoms with Crippen molar-refractivity contribution in [1.82, 2.24) is 15.5 Å². The van der Waals surface area contributed by atoms with Crippen molar-refractivity contribution >= 4 is 29.9 Å². The SMILES string of the molecule is CCNC(=NCCCOCC(C)C)NCCCCN1CCOCC1.I. The van der Waals surface area contributed by atoms with Crippen LogP contribution in [0.15, 0.2) is 4.99 Å². The average molecular weight is 470 g/mol. The van der Waals surface area contributed by atoms with Crippen molar-refractivity contribution in [2.24, 2.45) is 10.9 Å². The van der Waals surface area contributed by atoms with Gasteiger partial charge in [-0.3, -0.25) is 9.89 Å². The summed E-state index contributed by atoms with van der Waals surface area (Å²) in [5, 5.41) is 6.73. The monoisotopic (exact) mass is 470 g/mol. The Hall–Kier alpha value is -0.120. The molecule has 1 fully saturated rings. The minimum absolute atomic E-state index is 0. The number of nitrogens with zero attached hydrogens (tertiary/aromatic N) is 2. The van der Waals surface area contributed by atoms with E-state index in [4.69, 9.17) is 9.47 Å². The summed E-state index contributed by atoms with van der Waals surface area (Å²) in [5.74, 6) is 1.53. The quantitative estimate of drug-likeness (QED) is 0.199. The van der Waals surface area contributed by atoms with Crippen molar-refractivity contribution in [3.8, 4) is 0 Å². The summed E-state index contributed by atoms with van der Waals surface area (Å²) in [6, 6.07) is 0. The summed E-state index contributed by atoms with van der Waals surface area (Å²) >= 11 is 0. The molecule has 0 aliphatic carbocycles. The van der Waals surface area contributed by atoms with E-state index in [1.807, 2.05) is 0 Å². The van der Waals surface area contributed by atoms with E-state index >= 15 is 0 Å². The van der Waals surface area contributed by atoms with E-state index in [0.29, 0.717) is 5.92 Å². The number of morpholine rings is 1. The smallest absolute Gasteiger partial charge is 0.191 e. The van der Waals surface area contributed by atoms with Gasteiger partial charge in [-0.1, -0.05) is 13.8 Å². The molecule has 0 radical (unpaired) electrons.